The van der Waals surface area contributed by atoms with Crippen molar-refractivity contribution in [1.82, 2.24) is 9.47 Å². The molecule has 1 aromatic carbocycles. The molecule has 9 nitrogen and oxygen atoms in total. The van der Waals surface area contributed by atoms with Gasteiger partial charge in [0.05, 0.1) is 24.8 Å². The molecule has 29 heavy (non-hydrogen) atoms. The highest BCUT2D eigenvalue weighted by Crippen LogP contribution is 2.29. The van der Waals surface area contributed by atoms with E-state index in [1.165, 1.54) is 9.47 Å². The zero-order chi connectivity index (χ0) is 20.7. The molecule has 1 fully saturated rings. The van der Waals surface area contributed by atoms with Crippen LogP contribution in [0.15, 0.2) is 41.3 Å². The number of hydrogen-bond acceptors (Lipinski definition) is 7. The molecular weight excluding hydrogens is 380 g/mol. The van der Waals surface area contributed by atoms with Gasteiger partial charge in [-0.2, -0.15) is 0 Å². The summed E-state index contributed by atoms with van der Waals surface area (Å²) in [6, 6.07) is 8.54. The Bertz CT molecular complexity index is 1060. The topological polar surface area (TPSA) is 115 Å². The van der Waals surface area contributed by atoms with Crippen LogP contribution >= 0.6 is 0 Å². The fourth-order valence-corrected chi connectivity index (χ4v) is 3.54. The first kappa shape index (κ1) is 18.9. The average Bonchev–Trinajstić information content (AvgIpc) is 3.09. The maximum Gasteiger partial charge on any atom is 0.380 e. The molecule has 1 aromatic heterocycles. The number of amides is 1. The third-order valence-corrected chi connectivity index (χ3v) is 5.00. The molecule has 0 bridgehead atoms. The molecule has 150 valence electrons. The van der Waals surface area contributed by atoms with Crippen molar-refractivity contribution >= 4 is 17.7 Å². The summed E-state index contributed by atoms with van der Waals surface area (Å²) in [6.45, 7) is 2.11. The lowest BCUT2D eigenvalue weighted by molar-refractivity contribution is -0.139. The number of aromatic nitrogens is 1. The second-order valence-corrected chi connectivity index (χ2v) is 6.96. The number of aromatic hydroxyl groups is 1. The summed E-state index contributed by atoms with van der Waals surface area (Å²) in [5, 5.41) is 10.3. The van der Waals surface area contributed by atoms with Crippen molar-refractivity contribution in [2.45, 2.75) is 32.3 Å². The molecule has 0 aliphatic carbocycles. The van der Waals surface area contributed by atoms with E-state index >= 15 is 0 Å². The Kier molecular flexibility index (Phi) is 4.67. The van der Waals surface area contributed by atoms with Gasteiger partial charge in [0.1, 0.15) is 6.61 Å². The summed E-state index contributed by atoms with van der Waals surface area (Å²) in [7, 11) is 0. The third kappa shape index (κ3) is 3.19. The Morgan fingerprint density at radius 1 is 1.24 bits per heavy atom. The van der Waals surface area contributed by atoms with Crippen molar-refractivity contribution in [3.8, 4) is 5.75 Å². The van der Waals surface area contributed by atoms with Gasteiger partial charge in [0.25, 0.3) is 11.7 Å². The van der Waals surface area contributed by atoms with Crippen LogP contribution in [0, 0.1) is 0 Å². The number of esters is 1. The zero-order valence-electron chi connectivity index (χ0n) is 15.5. The SMILES string of the molecule is C[C@H]1CO[C@@H]2Cn3cc(C(=O)C(=O)OCc4ccccc4)c(=O)c(O)c3C(=O)N12. The molecule has 9 heteroatoms. The first-order valence-corrected chi connectivity index (χ1v) is 9.04. The molecular formula is C20H18N2O7. The van der Waals surface area contributed by atoms with Gasteiger partial charge in [0.15, 0.2) is 17.7 Å². The van der Waals surface area contributed by atoms with Crippen molar-refractivity contribution in [2.75, 3.05) is 6.61 Å². The van der Waals surface area contributed by atoms with Gasteiger partial charge >= 0.3 is 5.97 Å². The highest BCUT2D eigenvalue weighted by atomic mass is 16.5. The first-order chi connectivity index (χ1) is 13.9. The van der Waals surface area contributed by atoms with E-state index in [9.17, 15) is 24.3 Å². The fraction of sp³-hybridized carbons (Fsp3) is 0.300. The van der Waals surface area contributed by atoms with Gasteiger partial charge < -0.3 is 24.0 Å². The van der Waals surface area contributed by atoms with Gasteiger partial charge in [-0.3, -0.25) is 14.4 Å². The van der Waals surface area contributed by atoms with Gasteiger partial charge in [0, 0.05) is 6.20 Å². The highest BCUT2D eigenvalue weighted by molar-refractivity contribution is 6.40. The Labute approximate surface area is 165 Å². The predicted octanol–water partition coefficient (Wildman–Crippen LogP) is 0.681. The molecule has 2 aromatic rings. The van der Waals surface area contributed by atoms with Crippen molar-refractivity contribution in [3.63, 3.8) is 0 Å². The minimum absolute atomic E-state index is 0.124. The van der Waals surface area contributed by atoms with Crippen LogP contribution < -0.4 is 5.43 Å². The predicted molar refractivity (Wildman–Crippen MR) is 98.3 cm³/mol. The van der Waals surface area contributed by atoms with Crippen LogP contribution in [-0.2, 0) is 27.4 Å². The Hall–Kier alpha value is -3.46. The summed E-state index contributed by atoms with van der Waals surface area (Å²) in [5.41, 5.74) is -1.19. The molecule has 2 aliphatic heterocycles. The maximum absolute atomic E-state index is 12.7. The van der Waals surface area contributed by atoms with E-state index < -0.39 is 40.6 Å². The number of rotatable bonds is 4. The molecule has 4 rings (SSSR count). The molecule has 0 unspecified atom stereocenters. The summed E-state index contributed by atoms with van der Waals surface area (Å²) in [5.74, 6) is -3.84. The molecule has 2 atom stereocenters. The van der Waals surface area contributed by atoms with Crippen LogP contribution in [0.3, 0.4) is 0 Å². The molecule has 2 aliphatic rings. The number of carbonyl (C=O) groups excluding carboxylic acids is 3. The zero-order valence-corrected chi connectivity index (χ0v) is 15.5. The number of benzene rings is 1. The summed E-state index contributed by atoms with van der Waals surface area (Å²) in [6.07, 6.45) is 0.533. The lowest BCUT2D eigenvalue weighted by Crippen LogP contribution is -2.49. The maximum atomic E-state index is 12.7. The second kappa shape index (κ2) is 7.17. The first-order valence-electron chi connectivity index (χ1n) is 9.04. The van der Waals surface area contributed by atoms with Crippen molar-refractivity contribution in [2.24, 2.45) is 0 Å². The van der Waals surface area contributed by atoms with Crippen molar-refractivity contribution in [1.29, 1.82) is 0 Å². The molecule has 1 N–H and O–H groups in total. The normalized spacial score (nSPS) is 20.2. The second-order valence-electron chi connectivity index (χ2n) is 6.96. The number of ether oxygens (including phenoxy) is 2. The Balaban J connectivity index is 1.61. The van der Waals surface area contributed by atoms with E-state index in [0.717, 1.165) is 6.20 Å². The van der Waals surface area contributed by atoms with Crippen LogP contribution in [-0.4, -0.2) is 51.1 Å². The molecule has 0 radical (unpaired) electrons. The van der Waals surface area contributed by atoms with E-state index in [0.29, 0.717) is 12.2 Å². The van der Waals surface area contributed by atoms with Crippen LogP contribution in [0.4, 0.5) is 0 Å². The lowest BCUT2D eigenvalue weighted by Gasteiger charge is -2.33. The standard InChI is InChI=1S/C20H18N2O7/c1-11-9-28-14-8-21-7-13(16(23)18(25)15(21)19(26)22(11)14)17(24)20(27)29-10-12-5-3-2-4-6-12/h2-7,11,14,25H,8-10H2,1H3/t11-,14+/m0/s1. The van der Waals surface area contributed by atoms with Gasteiger partial charge in [-0.05, 0) is 12.5 Å². The van der Waals surface area contributed by atoms with E-state index in [2.05, 4.69) is 0 Å². The average molecular weight is 398 g/mol. The number of nitrogens with zero attached hydrogens (tertiary/aromatic N) is 2. The van der Waals surface area contributed by atoms with Crippen LogP contribution in [0.2, 0.25) is 0 Å². The van der Waals surface area contributed by atoms with Crippen molar-refractivity contribution < 1.29 is 29.0 Å². The molecule has 1 amide bonds. The third-order valence-electron chi connectivity index (χ3n) is 5.00. The van der Waals surface area contributed by atoms with Crippen LogP contribution in [0.5, 0.6) is 5.75 Å². The number of hydrogen-bond donors (Lipinski definition) is 1. The summed E-state index contributed by atoms with van der Waals surface area (Å²) < 4.78 is 11.8. The number of Topliss-reactive ketones (excluding diaryl/α,β-unsaturated/α-hetero) is 1. The quantitative estimate of drug-likeness (QED) is 0.457. The van der Waals surface area contributed by atoms with Crippen molar-refractivity contribution in [3.05, 3.63) is 63.6 Å². The molecule has 0 saturated carbocycles. The van der Waals surface area contributed by atoms with Crippen LogP contribution in [0.25, 0.3) is 0 Å². The minimum atomic E-state index is -1.22. The van der Waals surface area contributed by atoms with Crippen LogP contribution in [0.1, 0.15) is 33.3 Å². The van der Waals surface area contributed by atoms with E-state index in [1.54, 1.807) is 37.3 Å². The Morgan fingerprint density at radius 2 is 1.97 bits per heavy atom. The van der Waals surface area contributed by atoms with Gasteiger partial charge in [-0.1, -0.05) is 30.3 Å². The number of ketones is 1. The highest BCUT2D eigenvalue weighted by Gasteiger charge is 2.43. The van der Waals surface area contributed by atoms with E-state index in [-0.39, 0.29) is 24.9 Å². The molecule has 3 heterocycles. The van der Waals surface area contributed by atoms with Gasteiger partial charge in [-0.25, -0.2) is 4.79 Å². The van der Waals surface area contributed by atoms with Gasteiger partial charge in [-0.15, -0.1) is 0 Å². The molecule has 0 spiro atoms. The largest absolute Gasteiger partial charge is 0.503 e. The number of carbonyl (C=O) groups is 3. The van der Waals surface area contributed by atoms with E-state index in [1.807, 2.05) is 0 Å². The smallest absolute Gasteiger partial charge is 0.380 e. The van der Waals surface area contributed by atoms with Gasteiger partial charge in [0.2, 0.25) is 5.43 Å². The number of fused-ring (bicyclic) bond motifs is 2. The Morgan fingerprint density at radius 3 is 2.69 bits per heavy atom. The van der Waals surface area contributed by atoms with E-state index in [4.69, 9.17) is 9.47 Å². The summed E-state index contributed by atoms with van der Waals surface area (Å²) in [4.78, 5) is 51.2. The lowest BCUT2D eigenvalue weighted by atomic mass is 10.1. The fourth-order valence-electron chi connectivity index (χ4n) is 3.54. The molecule has 1 saturated heterocycles. The number of pyridine rings is 1. The minimum Gasteiger partial charge on any atom is -0.503 e. The monoisotopic (exact) mass is 398 g/mol. The summed E-state index contributed by atoms with van der Waals surface area (Å²) >= 11 is 0.